The Morgan fingerprint density at radius 2 is 1.83 bits per heavy atom. The fraction of sp³-hybridized carbons (Fsp3) is 0.600. The van der Waals surface area contributed by atoms with Gasteiger partial charge in [-0.05, 0) is 50.7 Å². The highest BCUT2D eigenvalue weighted by atomic mass is 16.6. The Bertz CT molecular complexity index is 943. The molecule has 10 nitrogen and oxygen atoms in total. The maximum Gasteiger partial charge on any atom is 0.413 e. The molecule has 1 aromatic heterocycles. The zero-order chi connectivity index (χ0) is 26.0. The molecule has 0 aromatic carbocycles. The molecule has 0 spiro atoms. The van der Waals surface area contributed by atoms with Gasteiger partial charge in [0.05, 0.1) is 18.6 Å². The average Bonchev–Trinajstić information content (AvgIpc) is 3.31. The summed E-state index contributed by atoms with van der Waals surface area (Å²) >= 11 is 0. The molecule has 10 heteroatoms. The van der Waals surface area contributed by atoms with E-state index < -0.39 is 24.1 Å². The molecule has 0 aliphatic carbocycles. The monoisotopic (exact) mass is 484 g/mol. The second-order valence-electron chi connectivity index (χ2n) is 10.1. The van der Waals surface area contributed by atoms with Crippen molar-refractivity contribution in [3.05, 3.63) is 30.1 Å². The van der Waals surface area contributed by atoms with E-state index in [1.165, 1.54) is 12.4 Å². The van der Waals surface area contributed by atoms with Gasteiger partial charge in [-0.15, -0.1) is 0 Å². The van der Waals surface area contributed by atoms with Crippen molar-refractivity contribution in [2.24, 2.45) is 10.4 Å². The topological polar surface area (TPSA) is 137 Å². The van der Waals surface area contributed by atoms with E-state index in [0.29, 0.717) is 25.1 Å². The fourth-order valence-corrected chi connectivity index (χ4v) is 3.65. The van der Waals surface area contributed by atoms with Crippen molar-refractivity contribution >= 4 is 23.7 Å². The third kappa shape index (κ3) is 9.73. The number of pyridine rings is 1. The predicted octanol–water partition coefficient (Wildman–Crippen LogP) is 2.79. The van der Waals surface area contributed by atoms with E-state index in [4.69, 9.17) is 4.74 Å². The number of carbonyl (C=O) groups excluding carboxylic acids is 3. The minimum atomic E-state index is -1.15. The molecule has 2 atom stereocenters. The fourth-order valence-electron chi connectivity index (χ4n) is 3.65. The maximum atomic E-state index is 13.3. The second-order valence-corrected chi connectivity index (χ2v) is 10.1. The Labute approximate surface area is 207 Å². The van der Waals surface area contributed by atoms with Crippen molar-refractivity contribution < 1.29 is 19.1 Å². The highest BCUT2D eigenvalue weighted by Gasteiger charge is 2.29. The Kier molecular flexibility index (Phi) is 10.2. The molecule has 1 fully saturated rings. The molecule has 2 rings (SSSR count). The molecule has 2 N–H and O–H groups in total. The second kappa shape index (κ2) is 12.8. The van der Waals surface area contributed by atoms with Crippen molar-refractivity contribution in [3.63, 3.8) is 0 Å². The molecule has 1 saturated heterocycles. The zero-order valence-corrected chi connectivity index (χ0v) is 21.2. The molecule has 2 heterocycles. The molecule has 0 saturated carbocycles. The summed E-state index contributed by atoms with van der Waals surface area (Å²) in [5, 5.41) is 14.9. The number of hydrogen-bond donors (Lipinski definition) is 2. The Balaban J connectivity index is 2.37. The number of rotatable bonds is 8. The minimum absolute atomic E-state index is 0.0803. The quantitative estimate of drug-likeness (QED) is 0.430. The first-order valence-corrected chi connectivity index (χ1v) is 11.9. The summed E-state index contributed by atoms with van der Waals surface area (Å²) in [5.74, 6) is -0.676. The van der Waals surface area contributed by atoms with Crippen molar-refractivity contribution in [1.29, 1.82) is 5.26 Å². The number of hydrogen-bond acceptors (Lipinski definition) is 7. The van der Waals surface area contributed by atoms with Crippen LogP contribution in [0.3, 0.4) is 0 Å². The first-order valence-electron chi connectivity index (χ1n) is 11.9. The summed E-state index contributed by atoms with van der Waals surface area (Å²) in [6, 6.07) is 3.48. The van der Waals surface area contributed by atoms with E-state index >= 15 is 0 Å². The van der Waals surface area contributed by atoms with Crippen LogP contribution in [0.2, 0.25) is 0 Å². The van der Waals surface area contributed by atoms with Gasteiger partial charge in [-0.3, -0.25) is 24.9 Å². The first kappa shape index (κ1) is 27.8. The summed E-state index contributed by atoms with van der Waals surface area (Å²) in [4.78, 5) is 48.7. The summed E-state index contributed by atoms with van der Waals surface area (Å²) < 4.78 is 5.18. The van der Waals surface area contributed by atoms with Gasteiger partial charge in [0.15, 0.2) is 0 Å². The number of alkyl carbamates (subject to hydrolysis) is 1. The Morgan fingerprint density at radius 1 is 1.20 bits per heavy atom. The summed E-state index contributed by atoms with van der Waals surface area (Å²) in [6.07, 6.45) is 4.04. The van der Waals surface area contributed by atoms with Gasteiger partial charge in [-0.1, -0.05) is 20.8 Å². The van der Waals surface area contributed by atoms with E-state index in [-0.39, 0.29) is 29.7 Å². The van der Waals surface area contributed by atoms with Crippen molar-refractivity contribution in [2.45, 2.75) is 78.5 Å². The molecule has 1 aliphatic rings. The lowest BCUT2D eigenvalue weighted by Crippen LogP contribution is -2.45. The van der Waals surface area contributed by atoms with Crippen LogP contribution < -0.4 is 10.6 Å². The molecular formula is C25H36N6O4. The molecule has 1 aliphatic heterocycles. The standard InChI is InChI=1S/C25H36N6O4/c1-17(2)35-24(34)30-22(18-8-10-27-11-9-18)29-20(14-21(32)31-12-6-7-13-31)23(33)28-19(16-26)15-25(3,4)5/h8-11,17,19-20H,6-7,12-15H2,1-5H3,(H,28,33)(H,29,30,34). The molecule has 3 amide bonds. The smallest absolute Gasteiger partial charge is 0.413 e. The third-order valence-electron chi connectivity index (χ3n) is 5.22. The van der Waals surface area contributed by atoms with Crippen molar-refractivity contribution in [1.82, 2.24) is 20.5 Å². The Morgan fingerprint density at radius 3 is 2.37 bits per heavy atom. The van der Waals surface area contributed by atoms with Crippen LogP contribution in [0.5, 0.6) is 0 Å². The van der Waals surface area contributed by atoms with Crippen LogP contribution in [-0.4, -0.2) is 64.9 Å². The lowest BCUT2D eigenvalue weighted by molar-refractivity contribution is -0.133. The first-order chi connectivity index (χ1) is 16.5. The number of ether oxygens (including phenoxy) is 1. The van der Waals surface area contributed by atoms with Gasteiger partial charge < -0.3 is 15.0 Å². The van der Waals surface area contributed by atoms with Gasteiger partial charge in [0, 0.05) is 31.0 Å². The van der Waals surface area contributed by atoms with Crippen LogP contribution in [0.1, 0.15) is 65.9 Å². The molecule has 35 heavy (non-hydrogen) atoms. The number of nitrogens with zero attached hydrogens (tertiary/aromatic N) is 4. The van der Waals surface area contributed by atoms with Gasteiger partial charge in [0.2, 0.25) is 11.8 Å². The van der Waals surface area contributed by atoms with Gasteiger partial charge in [0.25, 0.3) is 0 Å². The van der Waals surface area contributed by atoms with E-state index in [0.717, 1.165) is 12.8 Å². The van der Waals surface area contributed by atoms with Crippen molar-refractivity contribution in [2.75, 3.05) is 13.1 Å². The lowest BCUT2D eigenvalue weighted by Gasteiger charge is -2.24. The summed E-state index contributed by atoms with van der Waals surface area (Å²) in [5.41, 5.74) is 0.306. The molecule has 190 valence electrons. The number of amidine groups is 1. The normalized spacial score (nSPS) is 15.8. The zero-order valence-electron chi connectivity index (χ0n) is 21.2. The maximum absolute atomic E-state index is 13.3. The van der Waals surface area contributed by atoms with E-state index in [9.17, 15) is 19.6 Å². The van der Waals surface area contributed by atoms with Crippen LogP contribution in [0.15, 0.2) is 29.5 Å². The number of nitriles is 1. The van der Waals surface area contributed by atoms with Crippen molar-refractivity contribution in [3.8, 4) is 6.07 Å². The Hall–Kier alpha value is -3.48. The highest BCUT2D eigenvalue weighted by Crippen LogP contribution is 2.21. The highest BCUT2D eigenvalue weighted by molar-refractivity contribution is 6.07. The number of aliphatic imine (C=N–C) groups is 1. The van der Waals surface area contributed by atoms with Gasteiger partial charge in [-0.25, -0.2) is 4.79 Å². The summed E-state index contributed by atoms with van der Waals surface area (Å²) in [7, 11) is 0. The van der Waals surface area contributed by atoms with Gasteiger partial charge in [0.1, 0.15) is 17.9 Å². The van der Waals surface area contributed by atoms with Gasteiger partial charge in [-0.2, -0.15) is 5.26 Å². The number of nitrogens with one attached hydrogen (secondary N) is 2. The average molecular weight is 485 g/mol. The SMILES string of the molecule is CC(C)OC(=O)NC(=NC(CC(=O)N1CCCC1)C(=O)NC(C#N)CC(C)(C)C)c1ccncc1. The van der Waals surface area contributed by atoms with E-state index in [2.05, 4.69) is 26.7 Å². The van der Waals surface area contributed by atoms with Crippen LogP contribution in [-0.2, 0) is 14.3 Å². The van der Waals surface area contributed by atoms with Crippen LogP contribution in [0, 0.1) is 16.7 Å². The van der Waals surface area contributed by atoms with E-state index in [1.807, 2.05) is 20.8 Å². The van der Waals surface area contributed by atoms with Crippen LogP contribution in [0.4, 0.5) is 4.79 Å². The molecule has 1 aromatic rings. The molecule has 0 radical (unpaired) electrons. The lowest BCUT2D eigenvalue weighted by atomic mass is 9.88. The van der Waals surface area contributed by atoms with Crippen LogP contribution in [0.25, 0.3) is 0 Å². The molecule has 2 unspecified atom stereocenters. The predicted molar refractivity (Wildman–Crippen MR) is 131 cm³/mol. The number of amides is 3. The van der Waals surface area contributed by atoms with Crippen LogP contribution >= 0.6 is 0 Å². The summed E-state index contributed by atoms with van der Waals surface area (Å²) in [6.45, 7) is 10.6. The number of carbonyl (C=O) groups is 3. The third-order valence-corrected chi connectivity index (χ3v) is 5.22. The molecule has 0 bridgehead atoms. The van der Waals surface area contributed by atoms with Gasteiger partial charge >= 0.3 is 6.09 Å². The molecular weight excluding hydrogens is 448 g/mol. The number of likely N-dealkylation sites (tertiary alicyclic amines) is 1. The minimum Gasteiger partial charge on any atom is -0.447 e. The number of aromatic nitrogens is 1. The van der Waals surface area contributed by atoms with E-state index in [1.54, 1.807) is 30.9 Å². The largest absolute Gasteiger partial charge is 0.447 e.